The number of rotatable bonds is 0. The monoisotopic (exact) mass is 117 g/mol. The average Bonchev–Trinajstić information content (AvgIpc) is 1.69. The van der Waals surface area contributed by atoms with E-state index in [2.05, 4.69) is 36.2 Å². The first-order valence-corrected chi connectivity index (χ1v) is 2.70. The van der Waals surface area contributed by atoms with Crippen molar-refractivity contribution in [1.82, 2.24) is 0 Å². The Bertz CT molecular complexity index is 55.1. The zero-order chi connectivity index (χ0) is 6.12. The van der Waals surface area contributed by atoms with Crippen molar-refractivity contribution >= 4 is 17.4 Å². The molecule has 7 heavy (non-hydrogen) atoms. The quantitative estimate of drug-likeness (QED) is 0.350. The molecule has 0 bridgehead atoms. The van der Waals surface area contributed by atoms with Crippen LogP contribution in [0.25, 0.3) is 0 Å². The molecule has 0 aliphatic heterocycles. The summed E-state index contributed by atoms with van der Waals surface area (Å²) < 4.78 is 0. The predicted octanol–water partition coefficient (Wildman–Crippen LogP) is 2.14. The molecule has 0 aliphatic rings. The Kier molecular flexibility index (Phi) is 24.2. The van der Waals surface area contributed by atoms with Gasteiger partial charge in [-0.2, -0.15) is 0 Å². The molecule has 0 aromatic carbocycles. The Labute approximate surface area is 50.5 Å². The van der Waals surface area contributed by atoms with Gasteiger partial charge >= 0.3 is 0 Å². The van der Waals surface area contributed by atoms with E-state index in [0.717, 1.165) is 0 Å². The molecule has 0 heterocycles. The molecule has 0 radical (unpaired) electrons. The zero-order valence-electron chi connectivity index (χ0n) is 5.06. The minimum absolute atomic E-state index is 1.25. The molecule has 0 atom stereocenters. The van der Waals surface area contributed by atoms with Gasteiger partial charge in [0.15, 0.2) is 0 Å². The highest BCUT2D eigenvalue weighted by Crippen LogP contribution is 1.56. The molecule has 2 heteroatoms. The van der Waals surface area contributed by atoms with Gasteiger partial charge in [0.2, 0.25) is 0 Å². The third-order valence-corrected chi connectivity index (χ3v) is 0.274. The van der Waals surface area contributed by atoms with Gasteiger partial charge in [0, 0.05) is 7.05 Å². The molecule has 0 fully saturated rings. The molecule has 0 aromatic rings. The molecular weight excluding hydrogens is 106 g/mol. The van der Waals surface area contributed by atoms with Gasteiger partial charge in [0.1, 0.15) is 0 Å². The van der Waals surface area contributed by atoms with Crippen molar-refractivity contribution in [3.05, 3.63) is 0 Å². The summed E-state index contributed by atoms with van der Waals surface area (Å²) in [6, 6.07) is 0. The number of nitrogens with zero attached hydrogens (tertiary/aromatic N) is 1. The SMILES string of the molecule is CCC.CN=C=S. The van der Waals surface area contributed by atoms with Crippen molar-refractivity contribution in [2.24, 2.45) is 4.99 Å². The molecule has 0 saturated heterocycles. The van der Waals surface area contributed by atoms with Gasteiger partial charge in [-0.15, -0.1) is 0 Å². The molecule has 0 amide bonds. The zero-order valence-corrected chi connectivity index (χ0v) is 5.88. The van der Waals surface area contributed by atoms with Crippen LogP contribution in [0.1, 0.15) is 20.3 Å². The summed E-state index contributed by atoms with van der Waals surface area (Å²) in [5.74, 6) is 0. The minimum Gasteiger partial charge on any atom is -0.236 e. The molecule has 0 rings (SSSR count). The molecular formula is C5H11NS. The fraction of sp³-hybridized carbons (Fsp3) is 0.800. The largest absolute Gasteiger partial charge is 0.236 e. The molecule has 42 valence electrons. The van der Waals surface area contributed by atoms with Crippen LogP contribution in [0.15, 0.2) is 4.99 Å². The van der Waals surface area contributed by atoms with E-state index in [1.807, 2.05) is 0 Å². The first-order chi connectivity index (χ1) is 3.33. The van der Waals surface area contributed by atoms with E-state index in [1.54, 1.807) is 7.05 Å². The summed E-state index contributed by atoms with van der Waals surface area (Å²) in [5, 5.41) is 2.14. The van der Waals surface area contributed by atoms with Gasteiger partial charge in [-0.1, -0.05) is 20.3 Å². The lowest BCUT2D eigenvalue weighted by atomic mass is 10.6. The summed E-state index contributed by atoms with van der Waals surface area (Å²) in [7, 11) is 1.59. The number of isothiocyanates is 1. The lowest BCUT2D eigenvalue weighted by Gasteiger charge is -1.48. The number of aliphatic imine (C=N–C) groups is 1. The molecule has 0 spiro atoms. The Morgan fingerprint density at radius 2 is 1.71 bits per heavy atom. The second kappa shape index (κ2) is 17.0. The number of thiocarbonyl (C=S) groups is 1. The van der Waals surface area contributed by atoms with Crippen LogP contribution >= 0.6 is 12.2 Å². The summed E-state index contributed by atoms with van der Waals surface area (Å²) in [5.41, 5.74) is 0. The van der Waals surface area contributed by atoms with Gasteiger partial charge in [-0.05, 0) is 12.2 Å². The number of hydrogen-bond donors (Lipinski definition) is 0. The standard InChI is InChI=1S/C3H8.C2H3NS/c1-3-2;1-3-2-4/h3H2,1-2H3;1H3. The highest BCUT2D eigenvalue weighted by molar-refractivity contribution is 7.78. The topological polar surface area (TPSA) is 12.4 Å². The summed E-state index contributed by atoms with van der Waals surface area (Å²) in [6.45, 7) is 4.25. The van der Waals surface area contributed by atoms with Crippen LogP contribution in [-0.4, -0.2) is 12.2 Å². The maximum absolute atomic E-state index is 4.14. The van der Waals surface area contributed by atoms with Gasteiger partial charge < -0.3 is 0 Å². The first-order valence-electron chi connectivity index (χ1n) is 2.29. The molecule has 1 nitrogen and oxygen atoms in total. The van der Waals surface area contributed by atoms with Gasteiger partial charge in [-0.25, -0.2) is 4.99 Å². The van der Waals surface area contributed by atoms with Crippen LogP contribution in [-0.2, 0) is 0 Å². The minimum atomic E-state index is 1.25. The van der Waals surface area contributed by atoms with Crippen molar-refractivity contribution in [3.8, 4) is 0 Å². The summed E-state index contributed by atoms with van der Waals surface area (Å²) >= 11 is 4.14. The van der Waals surface area contributed by atoms with Crippen LogP contribution in [0.5, 0.6) is 0 Å². The van der Waals surface area contributed by atoms with Crippen molar-refractivity contribution in [2.75, 3.05) is 7.05 Å². The maximum Gasteiger partial charge on any atom is 0.0582 e. The first kappa shape index (κ1) is 9.93. The van der Waals surface area contributed by atoms with Gasteiger partial charge in [0.25, 0.3) is 0 Å². The van der Waals surface area contributed by atoms with E-state index < -0.39 is 0 Å². The fourth-order valence-corrected chi connectivity index (χ4v) is 0. The van der Waals surface area contributed by atoms with E-state index >= 15 is 0 Å². The van der Waals surface area contributed by atoms with Gasteiger partial charge in [-0.3, -0.25) is 0 Å². The normalized spacial score (nSPS) is 5.00. The van der Waals surface area contributed by atoms with Crippen molar-refractivity contribution in [2.45, 2.75) is 20.3 Å². The molecule has 0 saturated carbocycles. The van der Waals surface area contributed by atoms with Crippen molar-refractivity contribution in [1.29, 1.82) is 0 Å². The third kappa shape index (κ3) is 131. The van der Waals surface area contributed by atoms with E-state index in [1.165, 1.54) is 6.42 Å². The van der Waals surface area contributed by atoms with E-state index in [0.29, 0.717) is 0 Å². The van der Waals surface area contributed by atoms with E-state index in [4.69, 9.17) is 0 Å². The van der Waals surface area contributed by atoms with Crippen LogP contribution in [0, 0.1) is 0 Å². The highest BCUT2D eigenvalue weighted by atomic mass is 32.1. The Balaban J connectivity index is 0. The second-order valence-corrected chi connectivity index (χ2v) is 1.20. The maximum atomic E-state index is 4.14. The lowest BCUT2D eigenvalue weighted by molar-refractivity contribution is 1.09. The predicted molar refractivity (Wildman–Crippen MR) is 36.9 cm³/mol. The molecule has 0 aliphatic carbocycles. The van der Waals surface area contributed by atoms with Crippen LogP contribution in [0.4, 0.5) is 0 Å². The Hall–Kier alpha value is -0.200. The van der Waals surface area contributed by atoms with E-state index in [9.17, 15) is 0 Å². The van der Waals surface area contributed by atoms with Crippen LogP contribution in [0.3, 0.4) is 0 Å². The van der Waals surface area contributed by atoms with E-state index in [-0.39, 0.29) is 0 Å². The highest BCUT2D eigenvalue weighted by Gasteiger charge is 1.35. The molecule has 0 unspecified atom stereocenters. The molecule has 0 N–H and O–H groups in total. The lowest BCUT2D eigenvalue weighted by Crippen LogP contribution is -1.33. The van der Waals surface area contributed by atoms with Crippen LogP contribution in [0.2, 0.25) is 0 Å². The van der Waals surface area contributed by atoms with Gasteiger partial charge in [0.05, 0.1) is 5.16 Å². The third-order valence-electron chi connectivity index (χ3n) is 0.0913. The summed E-state index contributed by atoms with van der Waals surface area (Å²) in [4.78, 5) is 3.30. The smallest absolute Gasteiger partial charge is 0.0582 e. The van der Waals surface area contributed by atoms with Crippen molar-refractivity contribution in [3.63, 3.8) is 0 Å². The average molecular weight is 117 g/mol. The number of hydrogen-bond acceptors (Lipinski definition) is 2. The Morgan fingerprint density at radius 3 is 1.71 bits per heavy atom. The Morgan fingerprint density at radius 1 is 1.57 bits per heavy atom. The molecule has 0 aromatic heterocycles. The summed E-state index contributed by atoms with van der Waals surface area (Å²) in [6.07, 6.45) is 1.25. The van der Waals surface area contributed by atoms with Crippen molar-refractivity contribution < 1.29 is 0 Å². The van der Waals surface area contributed by atoms with Crippen LogP contribution < -0.4 is 0 Å². The second-order valence-electron chi connectivity index (χ2n) is 1.02. The fourth-order valence-electron chi connectivity index (χ4n) is 0.